The maximum atomic E-state index is 12.2. The summed E-state index contributed by atoms with van der Waals surface area (Å²) in [6.45, 7) is 1.04. The van der Waals surface area contributed by atoms with Gasteiger partial charge in [-0.25, -0.2) is 0 Å². The molecule has 0 saturated carbocycles. The summed E-state index contributed by atoms with van der Waals surface area (Å²) in [5, 5.41) is 22.0. The lowest BCUT2D eigenvalue weighted by Gasteiger charge is -2.09. The van der Waals surface area contributed by atoms with Crippen LogP contribution in [0.3, 0.4) is 0 Å². The minimum atomic E-state index is -0.274. The molecule has 1 aromatic heterocycles. The minimum absolute atomic E-state index is 0.0168. The Morgan fingerprint density at radius 1 is 0.947 bits per heavy atom. The summed E-state index contributed by atoms with van der Waals surface area (Å²) in [6, 6.07) is 28.5. The van der Waals surface area contributed by atoms with Crippen LogP contribution in [0, 0.1) is 0 Å². The molecular weight excluding hydrogens is 498 g/mol. The van der Waals surface area contributed by atoms with E-state index < -0.39 is 0 Å². The Bertz CT molecular complexity index is 1530. The average molecular weight is 526 g/mol. The Labute approximate surface area is 226 Å². The van der Waals surface area contributed by atoms with E-state index in [2.05, 4.69) is 21.6 Å². The summed E-state index contributed by atoms with van der Waals surface area (Å²) in [5.74, 6) is 0.509. The number of hydrogen-bond donors (Lipinski definition) is 3. The number of phenols is 1. The Hall–Kier alpha value is -4.29. The molecule has 0 saturated heterocycles. The van der Waals surface area contributed by atoms with E-state index in [4.69, 9.17) is 16.3 Å². The van der Waals surface area contributed by atoms with Gasteiger partial charge < -0.3 is 15.2 Å². The number of halogens is 1. The number of H-pyrrole nitrogens is 1. The van der Waals surface area contributed by atoms with Crippen molar-refractivity contribution in [2.45, 2.75) is 25.9 Å². The number of nitrogens with zero attached hydrogens (tertiary/aromatic N) is 1. The normalized spacial score (nSPS) is 11.0. The molecule has 38 heavy (non-hydrogen) atoms. The van der Waals surface area contributed by atoms with Crippen molar-refractivity contribution in [2.24, 2.45) is 0 Å². The zero-order chi connectivity index (χ0) is 26.3. The molecule has 0 atom stereocenters. The van der Waals surface area contributed by atoms with Gasteiger partial charge in [-0.15, -0.1) is 0 Å². The quantitative estimate of drug-likeness (QED) is 0.173. The molecule has 7 heteroatoms. The van der Waals surface area contributed by atoms with Crippen molar-refractivity contribution in [3.63, 3.8) is 0 Å². The summed E-state index contributed by atoms with van der Waals surface area (Å²) < 4.78 is 5.91. The first-order chi connectivity index (χ1) is 18.6. The number of amides is 1. The summed E-state index contributed by atoms with van der Waals surface area (Å²) in [5.41, 5.74) is 5.20. The number of aromatic nitrogens is 2. The maximum absolute atomic E-state index is 12.2. The van der Waals surface area contributed by atoms with Crippen molar-refractivity contribution in [1.29, 1.82) is 0 Å². The molecule has 0 radical (unpaired) electrons. The third-order valence-electron chi connectivity index (χ3n) is 6.42. The molecule has 5 aromatic rings. The van der Waals surface area contributed by atoms with Crippen LogP contribution in [0.1, 0.15) is 34.5 Å². The first-order valence-corrected chi connectivity index (χ1v) is 13.0. The van der Waals surface area contributed by atoms with Gasteiger partial charge in [-0.2, -0.15) is 5.10 Å². The van der Waals surface area contributed by atoms with Crippen LogP contribution in [-0.2, 0) is 13.0 Å². The number of unbranched alkanes of at least 4 members (excludes halogenated alkanes) is 1. The lowest BCUT2D eigenvalue weighted by molar-refractivity contribution is 0.0950. The number of phenolic OH excluding ortho intramolecular Hbond substituents is 1. The van der Waals surface area contributed by atoms with Crippen LogP contribution < -0.4 is 10.1 Å². The van der Waals surface area contributed by atoms with E-state index in [1.807, 2.05) is 60.7 Å². The van der Waals surface area contributed by atoms with E-state index in [1.165, 1.54) is 6.07 Å². The van der Waals surface area contributed by atoms with E-state index in [0.29, 0.717) is 18.2 Å². The SMILES string of the molecule is O=C(NCCCCc1n[nH]c2cc(Cl)c(-c3ccc(OCc4ccccc4)cc3)cc12)c1ccccc1O. The van der Waals surface area contributed by atoms with Crippen LogP contribution in [0.25, 0.3) is 22.0 Å². The second-order valence-electron chi connectivity index (χ2n) is 9.08. The summed E-state index contributed by atoms with van der Waals surface area (Å²) in [7, 11) is 0. The number of nitrogens with one attached hydrogen (secondary N) is 2. The number of hydrogen-bond acceptors (Lipinski definition) is 4. The highest BCUT2D eigenvalue weighted by atomic mass is 35.5. The van der Waals surface area contributed by atoms with Gasteiger partial charge in [-0.3, -0.25) is 9.89 Å². The van der Waals surface area contributed by atoms with Gasteiger partial charge in [0.05, 0.1) is 21.8 Å². The van der Waals surface area contributed by atoms with Crippen LogP contribution in [0.2, 0.25) is 5.02 Å². The molecule has 1 heterocycles. The Morgan fingerprint density at radius 2 is 1.71 bits per heavy atom. The van der Waals surface area contributed by atoms with Gasteiger partial charge in [0.15, 0.2) is 0 Å². The van der Waals surface area contributed by atoms with E-state index >= 15 is 0 Å². The Kier molecular flexibility index (Phi) is 7.90. The highest BCUT2D eigenvalue weighted by Gasteiger charge is 2.13. The van der Waals surface area contributed by atoms with Crippen LogP contribution in [0.15, 0.2) is 91.0 Å². The fourth-order valence-corrected chi connectivity index (χ4v) is 4.63. The first kappa shape index (κ1) is 25.4. The van der Waals surface area contributed by atoms with Gasteiger partial charge in [-0.05, 0) is 66.8 Å². The summed E-state index contributed by atoms with van der Waals surface area (Å²) in [6.07, 6.45) is 2.41. The zero-order valence-corrected chi connectivity index (χ0v) is 21.5. The van der Waals surface area contributed by atoms with Crippen LogP contribution in [-0.4, -0.2) is 27.8 Å². The smallest absolute Gasteiger partial charge is 0.255 e. The van der Waals surface area contributed by atoms with Crippen molar-refractivity contribution in [1.82, 2.24) is 15.5 Å². The fourth-order valence-electron chi connectivity index (χ4n) is 4.36. The molecular formula is C31H28ClN3O3. The topological polar surface area (TPSA) is 87.2 Å². The number of benzene rings is 4. The maximum Gasteiger partial charge on any atom is 0.255 e. The summed E-state index contributed by atoms with van der Waals surface area (Å²) >= 11 is 6.63. The molecule has 3 N–H and O–H groups in total. The van der Waals surface area contributed by atoms with Crippen molar-refractivity contribution in [3.8, 4) is 22.6 Å². The molecule has 0 spiro atoms. The molecule has 4 aromatic carbocycles. The second-order valence-corrected chi connectivity index (χ2v) is 9.48. The fraction of sp³-hybridized carbons (Fsp3) is 0.161. The van der Waals surface area contributed by atoms with E-state index in [1.54, 1.807) is 18.2 Å². The number of ether oxygens (including phenoxy) is 1. The van der Waals surface area contributed by atoms with Gasteiger partial charge in [0.1, 0.15) is 18.1 Å². The number of para-hydroxylation sites is 1. The third-order valence-corrected chi connectivity index (χ3v) is 6.73. The zero-order valence-electron chi connectivity index (χ0n) is 20.8. The molecule has 0 fully saturated rings. The van der Waals surface area contributed by atoms with Gasteiger partial charge in [0, 0.05) is 17.5 Å². The molecule has 0 unspecified atom stereocenters. The molecule has 0 aliphatic carbocycles. The van der Waals surface area contributed by atoms with Gasteiger partial charge in [0.25, 0.3) is 5.91 Å². The number of aryl methyl sites for hydroxylation is 1. The highest BCUT2D eigenvalue weighted by molar-refractivity contribution is 6.34. The number of carbonyl (C=O) groups excluding carboxylic acids is 1. The van der Waals surface area contributed by atoms with Gasteiger partial charge >= 0.3 is 0 Å². The van der Waals surface area contributed by atoms with E-state index in [0.717, 1.165) is 58.3 Å². The predicted molar refractivity (Wildman–Crippen MR) is 151 cm³/mol. The predicted octanol–water partition coefficient (Wildman–Crippen LogP) is 6.92. The average Bonchev–Trinajstić information content (AvgIpc) is 3.33. The monoisotopic (exact) mass is 525 g/mol. The largest absolute Gasteiger partial charge is 0.507 e. The third kappa shape index (κ3) is 5.98. The number of carbonyl (C=O) groups is 1. The van der Waals surface area contributed by atoms with E-state index in [9.17, 15) is 9.90 Å². The molecule has 6 nitrogen and oxygen atoms in total. The molecule has 0 bridgehead atoms. The van der Waals surface area contributed by atoms with Crippen molar-refractivity contribution >= 4 is 28.4 Å². The van der Waals surface area contributed by atoms with Crippen molar-refractivity contribution in [3.05, 3.63) is 113 Å². The molecule has 5 rings (SSSR count). The molecule has 0 aliphatic heterocycles. The number of fused-ring (bicyclic) bond motifs is 1. The second kappa shape index (κ2) is 11.8. The van der Waals surface area contributed by atoms with Crippen LogP contribution >= 0.6 is 11.6 Å². The standard InChI is InChI=1S/C31H28ClN3O3/c32-27-19-29-26(18-25(27)22-13-15-23(16-14-22)38-20-21-8-2-1-3-9-21)28(34-35-29)11-6-7-17-33-31(37)24-10-4-5-12-30(24)36/h1-5,8-10,12-16,18-19,36H,6-7,11,17,20H2,(H,33,37)(H,34,35). The minimum Gasteiger partial charge on any atom is -0.507 e. The number of aromatic hydroxyl groups is 1. The van der Waals surface area contributed by atoms with Gasteiger partial charge in [0.2, 0.25) is 0 Å². The lowest BCUT2D eigenvalue weighted by atomic mass is 10.0. The lowest BCUT2D eigenvalue weighted by Crippen LogP contribution is -2.24. The van der Waals surface area contributed by atoms with Crippen molar-refractivity contribution in [2.75, 3.05) is 6.54 Å². The van der Waals surface area contributed by atoms with Crippen molar-refractivity contribution < 1.29 is 14.6 Å². The Balaban J connectivity index is 1.20. The molecule has 192 valence electrons. The van der Waals surface area contributed by atoms with E-state index in [-0.39, 0.29) is 17.2 Å². The number of rotatable bonds is 10. The molecule has 1 amide bonds. The summed E-state index contributed by atoms with van der Waals surface area (Å²) in [4.78, 5) is 12.2. The first-order valence-electron chi connectivity index (χ1n) is 12.6. The van der Waals surface area contributed by atoms with Gasteiger partial charge in [-0.1, -0.05) is 66.2 Å². The molecule has 0 aliphatic rings. The van der Waals surface area contributed by atoms with Crippen LogP contribution in [0.5, 0.6) is 11.5 Å². The highest BCUT2D eigenvalue weighted by Crippen LogP contribution is 2.34. The Morgan fingerprint density at radius 3 is 2.50 bits per heavy atom. The number of aromatic amines is 1. The van der Waals surface area contributed by atoms with Crippen LogP contribution in [0.4, 0.5) is 0 Å².